The summed E-state index contributed by atoms with van der Waals surface area (Å²) in [6.45, 7) is 0. The largest absolute Gasteiger partial charge is 0.309 e. The quantitative estimate of drug-likeness (QED) is 0.881. The smallest absolute Gasteiger partial charge is 0.0680 e. The second-order valence-corrected chi connectivity index (χ2v) is 5.65. The van der Waals surface area contributed by atoms with Crippen molar-refractivity contribution in [3.05, 3.63) is 55.6 Å². The van der Waals surface area contributed by atoms with E-state index in [1.165, 1.54) is 10.4 Å². The minimum atomic E-state index is 0.188. The molecule has 4 heteroatoms. The van der Waals surface area contributed by atoms with Crippen molar-refractivity contribution in [3.8, 4) is 0 Å². The average Bonchev–Trinajstić information content (AvgIpc) is 2.67. The van der Waals surface area contributed by atoms with Crippen molar-refractivity contribution in [2.45, 2.75) is 6.04 Å². The summed E-state index contributed by atoms with van der Waals surface area (Å²) in [5, 5.41) is 6.16. The number of hydrogen-bond acceptors (Lipinski definition) is 2. The Morgan fingerprint density at radius 3 is 2.75 bits per heavy atom. The highest BCUT2D eigenvalue weighted by Gasteiger charge is 2.16. The van der Waals surface area contributed by atoms with Crippen molar-refractivity contribution in [2.75, 3.05) is 7.05 Å². The van der Waals surface area contributed by atoms with Gasteiger partial charge in [-0.05, 0) is 52.1 Å². The van der Waals surface area contributed by atoms with Crippen LogP contribution in [0.25, 0.3) is 0 Å². The van der Waals surface area contributed by atoms with Gasteiger partial charge in [-0.25, -0.2) is 0 Å². The lowest BCUT2D eigenvalue weighted by Gasteiger charge is -2.16. The van der Waals surface area contributed by atoms with Crippen LogP contribution in [0, 0.1) is 0 Å². The third-order valence-electron chi connectivity index (χ3n) is 2.38. The van der Waals surface area contributed by atoms with E-state index in [1.807, 2.05) is 25.2 Å². The first-order valence-electron chi connectivity index (χ1n) is 4.88. The Kier molecular flexibility index (Phi) is 4.03. The van der Waals surface area contributed by atoms with Crippen LogP contribution in [0.2, 0.25) is 5.02 Å². The molecule has 16 heavy (non-hydrogen) atoms. The molecular weight excluding hydrogens is 306 g/mol. The predicted octanol–water partition coefficient (Wildman–Crippen LogP) is 4.47. The van der Waals surface area contributed by atoms with E-state index in [-0.39, 0.29) is 6.04 Å². The Hall–Kier alpha value is -0.350. The Morgan fingerprint density at radius 1 is 1.38 bits per heavy atom. The fourth-order valence-electron chi connectivity index (χ4n) is 1.65. The summed E-state index contributed by atoms with van der Waals surface area (Å²) < 4.78 is 1.14. The van der Waals surface area contributed by atoms with Crippen LogP contribution in [0.1, 0.15) is 16.5 Å². The van der Waals surface area contributed by atoms with Gasteiger partial charge in [0, 0.05) is 14.4 Å². The van der Waals surface area contributed by atoms with Gasteiger partial charge >= 0.3 is 0 Å². The lowest BCUT2D eigenvalue weighted by molar-refractivity contribution is 0.701. The summed E-state index contributed by atoms with van der Waals surface area (Å²) in [5.74, 6) is 0. The molecule has 1 heterocycles. The van der Waals surface area contributed by atoms with Crippen LogP contribution in [0.15, 0.2) is 40.2 Å². The van der Waals surface area contributed by atoms with Crippen molar-refractivity contribution >= 4 is 38.9 Å². The molecule has 0 bridgehead atoms. The summed E-state index contributed by atoms with van der Waals surface area (Å²) >= 11 is 11.3. The number of thiophene rings is 1. The van der Waals surface area contributed by atoms with Gasteiger partial charge < -0.3 is 5.32 Å². The highest BCUT2D eigenvalue weighted by Crippen LogP contribution is 2.33. The van der Waals surface area contributed by atoms with E-state index in [2.05, 4.69) is 38.8 Å². The molecule has 0 saturated carbocycles. The zero-order chi connectivity index (χ0) is 11.5. The van der Waals surface area contributed by atoms with Crippen LogP contribution in [0.3, 0.4) is 0 Å². The van der Waals surface area contributed by atoms with Gasteiger partial charge in [0.15, 0.2) is 0 Å². The molecule has 0 fully saturated rings. The highest BCUT2D eigenvalue weighted by atomic mass is 79.9. The minimum absolute atomic E-state index is 0.188. The molecule has 0 aliphatic heterocycles. The summed E-state index contributed by atoms with van der Waals surface area (Å²) in [6, 6.07) is 10.2. The lowest BCUT2D eigenvalue weighted by atomic mass is 10.1. The maximum Gasteiger partial charge on any atom is 0.0680 e. The van der Waals surface area contributed by atoms with Crippen LogP contribution in [0.5, 0.6) is 0 Å². The molecule has 2 aromatic rings. The standard InChI is InChI=1S/C12H11BrClNS/c1-15-11(12-10(13)5-6-16-12)8-3-2-4-9(14)7-8/h2-7,11,15H,1H3. The summed E-state index contributed by atoms with van der Waals surface area (Å²) in [6.07, 6.45) is 0. The van der Waals surface area contributed by atoms with Gasteiger partial charge in [-0.3, -0.25) is 0 Å². The van der Waals surface area contributed by atoms with E-state index in [1.54, 1.807) is 11.3 Å². The molecule has 1 unspecified atom stereocenters. The third-order valence-corrected chi connectivity index (χ3v) is 4.55. The zero-order valence-corrected chi connectivity index (χ0v) is 11.9. The number of nitrogens with one attached hydrogen (secondary N) is 1. The van der Waals surface area contributed by atoms with Gasteiger partial charge in [0.1, 0.15) is 0 Å². The number of halogens is 2. The molecule has 0 aliphatic rings. The molecule has 0 aliphatic carbocycles. The first-order chi connectivity index (χ1) is 7.72. The summed E-state index contributed by atoms with van der Waals surface area (Å²) in [4.78, 5) is 1.27. The molecule has 0 spiro atoms. The van der Waals surface area contributed by atoms with Crippen LogP contribution < -0.4 is 5.32 Å². The topological polar surface area (TPSA) is 12.0 Å². The monoisotopic (exact) mass is 315 g/mol. The molecule has 0 amide bonds. The van der Waals surface area contributed by atoms with Crippen LogP contribution in [-0.2, 0) is 0 Å². The van der Waals surface area contributed by atoms with Crippen molar-refractivity contribution in [2.24, 2.45) is 0 Å². The van der Waals surface area contributed by atoms with Gasteiger partial charge in [0.2, 0.25) is 0 Å². The summed E-state index contributed by atoms with van der Waals surface area (Å²) in [5.41, 5.74) is 1.18. The first kappa shape index (κ1) is 12.1. The molecule has 0 radical (unpaired) electrons. The van der Waals surface area contributed by atoms with Gasteiger partial charge in [-0.15, -0.1) is 11.3 Å². The van der Waals surface area contributed by atoms with E-state index in [0.29, 0.717) is 0 Å². The molecule has 1 aromatic carbocycles. The second kappa shape index (κ2) is 5.32. The molecule has 1 aromatic heterocycles. The predicted molar refractivity (Wildman–Crippen MR) is 74.4 cm³/mol. The molecule has 1 nitrogen and oxygen atoms in total. The number of benzene rings is 1. The number of hydrogen-bond donors (Lipinski definition) is 1. The fraction of sp³-hybridized carbons (Fsp3) is 0.167. The van der Waals surface area contributed by atoms with Crippen LogP contribution >= 0.6 is 38.9 Å². The van der Waals surface area contributed by atoms with E-state index in [0.717, 1.165) is 9.50 Å². The fourth-order valence-corrected chi connectivity index (χ4v) is 3.58. The minimum Gasteiger partial charge on any atom is -0.309 e. The summed E-state index contributed by atoms with van der Waals surface area (Å²) in [7, 11) is 1.96. The van der Waals surface area contributed by atoms with E-state index < -0.39 is 0 Å². The van der Waals surface area contributed by atoms with Crippen molar-refractivity contribution < 1.29 is 0 Å². The van der Waals surface area contributed by atoms with E-state index in [9.17, 15) is 0 Å². The van der Waals surface area contributed by atoms with Crippen molar-refractivity contribution in [1.29, 1.82) is 0 Å². The molecule has 0 saturated heterocycles. The Bertz CT molecular complexity index is 483. The SMILES string of the molecule is CNC(c1cccc(Cl)c1)c1sccc1Br. The van der Waals surface area contributed by atoms with E-state index >= 15 is 0 Å². The Labute approximate surface area is 113 Å². The van der Waals surface area contributed by atoms with Gasteiger partial charge in [-0.2, -0.15) is 0 Å². The van der Waals surface area contributed by atoms with Gasteiger partial charge in [-0.1, -0.05) is 23.7 Å². The molecule has 2 rings (SSSR count). The van der Waals surface area contributed by atoms with Crippen LogP contribution in [-0.4, -0.2) is 7.05 Å². The maximum atomic E-state index is 6.01. The Morgan fingerprint density at radius 2 is 2.19 bits per heavy atom. The maximum absolute atomic E-state index is 6.01. The van der Waals surface area contributed by atoms with E-state index in [4.69, 9.17) is 11.6 Å². The molecule has 84 valence electrons. The normalized spacial score (nSPS) is 12.7. The molecule has 1 N–H and O–H groups in total. The van der Waals surface area contributed by atoms with Crippen molar-refractivity contribution in [3.63, 3.8) is 0 Å². The average molecular weight is 317 g/mol. The Balaban J connectivity index is 2.40. The molecule has 1 atom stereocenters. The first-order valence-corrected chi connectivity index (χ1v) is 6.93. The van der Waals surface area contributed by atoms with Crippen LogP contribution in [0.4, 0.5) is 0 Å². The highest BCUT2D eigenvalue weighted by molar-refractivity contribution is 9.10. The third kappa shape index (κ3) is 2.48. The van der Waals surface area contributed by atoms with Gasteiger partial charge in [0.05, 0.1) is 6.04 Å². The zero-order valence-electron chi connectivity index (χ0n) is 8.71. The van der Waals surface area contributed by atoms with Crippen molar-refractivity contribution in [1.82, 2.24) is 5.32 Å². The second-order valence-electron chi connectivity index (χ2n) is 3.41. The number of rotatable bonds is 3. The lowest BCUT2D eigenvalue weighted by Crippen LogP contribution is -2.16. The van der Waals surface area contributed by atoms with Gasteiger partial charge in [0.25, 0.3) is 0 Å². The molecular formula is C12H11BrClNS.